The van der Waals surface area contributed by atoms with Gasteiger partial charge in [-0.1, -0.05) is 36.2 Å². The second-order valence-electron chi connectivity index (χ2n) is 6.32. The number of nitrogens with zero attached hydrogens (tertiary/aromatic N) is 1. The Labute approximate surface area is 142 Å². The molecule has 1 atom stereocenters. The molecule has 1 unspecified atom stereocenters. The number of amides is 1. The van der Waals surface area contributed by atoms with E-state index in [4.69, 9.17) is 28.9 Å². The fraction of sp³-hybridized carbons (Fsp3) is 0.588. The van der Waals surface area contributed by atoms with Crippen molar-refractivity contribution in [3.8, 4) is 0 Å². The van der Waals surface area contributed by atoms with Crippen LogP contribution in [-0.4, -0.2) is 30.4 Å². The van der Waals surface area contributed by atoms with Crippen molar-refractivity contribution in [2.45, 2.75) is 32.6 Å². The third-order valence-electron chi connectivity index (χ3n) is 4.40. The van der Waals surface area contributed by atoms with Crippen LogP contribution in [0.25, 0.3) is 0 Å². The van der Waals surface area contributed by atoms with Crippen molar-refractivity contribution in [1.82, 2.24) is 4.90 Å². The van der Waals surface area contributed by atoms with Gasteiger partial charge in [-0.3, -0.25) is 4.79 Å². The van der Waals surface area contributed by atoms with Crippen molar-refractivity contribution in [3.05, 3.63) is 33.8 Å². The first kappa shape index (κ1) is 17.6. The minimum Gasteiger partial charge on any atom is -0.343 e. The Balaban J connectivity index is 1.81. The number of carbonyl (C=O) groups is 1. The summed E-state index contributed by atoms with van der Waals surface area (Å²) in [6.45, 7) is 4.29. The van der Waals surface area contributed by atoms with Gasteiger partial charge in [0.2, 0.25) is 5.91 Å². The van der Waals surface area contributed by atoms with Crippen molar-refractivity contribution < 1.29 is 4.79 Å². The number of carbonyl (C=O) groups excluding carboxylic acids is 1. The molecule has 1 heterocycles. The quantitative estimate of drug-likeness (QED) is 0.885. The number of hydrogen-bond acceptors (Lipinski definition) is 2. The van der Waals surface area contributed by atoms with E-state index in [0.717, 1.165) is 32.4 Å². The average molecular weight is 343 g/mol. The summed E-state index contributed by atoms with van der Waals surface area (Å²) in [5, 5.41) is 1.21. The van der Waals surface area contributed by atoms with Crippen molar-refractivity contribution >= 4 is 29.1 Å². The fourth-order valence-corrected chi connectivity index (χ4v) is 3.22. The van der Waals surface area contributed by atoms with Crippen LogP contribution in [-0.2, 0) is 11.2 Å². The van der Waals surface area contributed by atoms with Crippen molar-refractivity contribution in [2.24, 2.45) is 17.6 Å². The zero-order chi connectivity index (χ0) is 16.1. The van der Waals surface area contributed by atoms with Gasteiger partial charge < -0.3 is 10.6 Å². The molecule has 0 spiro atoms. The van der Waals surface area contributed by atoms with Gasteiger partial charge in [-0.25, -0.2) is 0 Å². The second-order valence-corrected chi connectivity index (χ2v) is 7.14. The molecule has 1 aliphatic heterocycles. The van der Waals surface area contributed by atoms with E-state index in [1.165, 1.54) is 5.56 Å². The van der Waals surface area contributed by atoms with E-state index in [9.17, 15) is 4.79 Å². The molecule has 0 aromatic heterocycles. The molecule has 0 saturated carbocycles. The number of halogens is 2. The van der Waals surface area contributed by atoms with E-state index in [1.54, 1.807) is 0 Å². The van der Waals surface area contributed by atoms with Crippen LogP contribution in [0.1, 0.15) is 31.7 Å². The lowest BCUT2D eigenvalue weighted by atomic mass is 9.90. The molecule has 22 heavy (non-hydrogen) atoms. The number of hydrogen-bond donors (Lipinski definition) is 1. The fourth-order valence-electron chi connectivity index (χ4n) is 2.90. The van der Waals surface area contributed by atoms with Crippen molar-refractivity contribution in [1.29, 1.82) is 0 Å². The highest BCUT2D eigenvalue weighted by atomic mass is 35.5. The first-order valence-corrected chi connectivity index (χ1v) is 8.67. The van der Waals surface area contributed by atoms with Gasteiger partial charge in [0, 0.05) is 19.5 Å². The van der Waals surface area contributed by atoms with Crippen LogP contribution in [0.15, 0.2) is 18.2 Å². The normalized spacial score (nSPS) is 17.5. The van der Waals surface area contributed by atoms with E-state index in [-0.39, 0.29) is 11.8 Å². The highest BCUT2D eigenvalue weighted by Crippen LogP contribution is 2.27. The summed E-state index contributed by atoms with van der Waals surface area (Å²) in [4.78, 5) is 14.1. The Hall–Kier alpha value is -0.770. The molecule has 5 heteroatoms. The molecular formula is C17H24Cl2N2O. The number of benzene rings is 1. The zero-order valence-electron chi connectivity index (χ0n) is 13.0. The van der Waals surface area contributed by atoms with Gasteiger partial charge in [-0.15, -0.1) is 0 Å². The first-order valence-electron chi connectivity index (χ1n) is 7.91. The van der Waals surface area contributed by atoms with Gasteiger partial charge >= 0.3 is 0 Å². The largest absolute Gasteiger partial charge is 0.343 e. The second kappa shape index (κ2) is 8.19. The van der Waals surface area contributed by atoms with Gasteiger partial charge in [0.15, 0.2) is 0 Å². The molecule has 1 amide bonds. The lowest BCUT2D eigenvalue weighted by Crippen LogP contribution is -2.39. The molecule has 0 bridgehead atoms. The molecule has 2 rings (SSSR count). The molecule has 0 aliphatic carbocycles. The van der Waals surface area contributed by atoms with Crippen LogP contribution in [0, 0.1) is 11.8 Å². The molecule has 0 radical (unpaired) electrons. The number of nitrogens with two attached hydrogens (primary N) is 1. The number of rotatable bonds is 5. The molecule has 1 saturated heterocycles. The van der Waals surface area contributed by atoms with Crippen LogP contribution >= 0.6 is 23.2 Å². The molecule has 122 valence electrons. The van der Waals surface area contributed by atoms with E-state index in [0.29, 0.717) is 28.9 Å². The van der Waals surface area contributed by atoms with Gasteiger partial charge in [0.1, 0.15) is 0 Å². The van der Waals surface area contributed by atoms with Crippen molar-refractivity contribution in [3.63, 3.8) is 0 Å². The summed E-state index contributed by atoms with van der Waals surface area (Å²) in [5.41, 5.74) is 6.81. The SMILES string of the molecule is CC(CN)CC(=O)N1CCC(Cc2ccc(Cl)c(Cl)c2)CC1. The minimum atomic E-state index is 0.242. The van der Waals surface area contributed by atoms with Gasteiger partial charge in [0.25, 0.3) is 0 Å². The molecule has 1 aromatic rings. The van der Waals surface area contributed by atoms with E-state index in [1.807, 2.05) is 30.0 Å². The topological polar surface area (TPSA) is 46.3 Å². The van der Waals surface area contributed by atoms with Crippen LogP contribution in [0.5, 0.6) is 0 Å². The monoisotopic (exact) mass is 342 g/mol. The predicted molar refractivity (Wildman–Crippen MR) is 92.3 cm³/mol. The lowest BCUT2D eigenvalue weighted by molar-refractivity contribution is -0.133. The molecule has 2 N–H and O–H groups in total. The molecule has 1 aliphatic rings. The standard InChI is InChI=1S/C17H24Cl2N2O/c1-12(11-20)8-17(22)21-6-4-13(5-7-21)9-14-2-3-15(18)16(19)10-14/h2-3,10,12-13H,4-9,11,20H2,1H3. The number of piperidine rings is 1. The van der Waals surface area contributed by atoms with Crippen LogP contribution in [0.3, 0.4) is 0 Å². The maximum absolute atomic E-state index is 12.2. The van der Waals surface area contributed by atoms with Crippen LogP contribution < -0.4 is 5.73 Å². The Kier molecular flexibility index (Phi) is 6.54. The zero-order valence-corrected chi connectivity index (χ0v) is 14.5. The van der Waals surface area contributed by atoms with E-state index in [2.05, 4.69) is 0 Å². The molecule has 3 nitrogen and oxygen atoms in total. The van der Waals surface area contributed by atoms with Gasteiger partial charge in [-0.05, 0) is 55.3 Å². The van der Waals surface area contributed by atoms with E-state index >= 15 is 0 Å². The Morgan fingerprint density at radius 2 is 2.00 bits per heavy atom. The summed E-state index contributed by atoms with van der Waals surface area (Å²) in [7, 11) is 0. The maximum Gasteiger partial charge on any atom is 0.222 e. The predicted octanol–water partition coefficient (Wildman–Crippen LogP) is 3.76. The average Bonchev–Trinajstić information content (AvgIpc) is 2.51. The number of likely N-dealkylation sites (tertiary alicyclic amines) is 1. The molecular weight excluding hydrogens is 319 g/mol. The van der Waals surface area contributed by atoms with E-state index < -0.39 is 0 Å². The highest BCUT2D eigenvalue weighted by Gasteiger charge is 2.23. The summed E-state index contributed by atoms with van der Waals surface area (Å²) >= 11 is 12.0. The minimum absolute atomic E-state index is 0.242. The maximum atomic E-state index is 12.2. The highest BCUT2D eigenvalue weighted by molar-refractivity contribution is 6.42. The Morgan fingerprint density at radius 1 is 1.32 bits per heavy atom. The van der Waals surface area contributed by atoms with Crippen molar-refractivity contribution in [2.75, 3.05) is 19.6 Å². The smallest absolute Gasteiger partial charge is 0.222 e. The summed E-state index contributed by atoms with van der Waals surface area (Å²) in [6, 6.07) is 5.84. The summed E-state index contributed by atoms with van der Waals surface area (Å²) in [5.74, 6) is 1.11. The van der Waals surface area contributed by atoms with Gasteiger partial charge in [-0.2, -0.15) is 0 Å². The van der Waals surface area contributed by atoms with Crippen LogP contribution in [0.2, 0.25) is 10.0 Å². The molecule has 1 fully saturated rings. The van der Waals surface area contributed by atoms with Crippen LogP contribution in [0.4, 0.5) is 0 Å². The third kappa shape index (κ3) is 4.87. The summed E-state index contributed by atoms with van der Waals surface area (Å²) in [6.07, 6.45) is 3.65. The Bertz CT molecular complexity index is 513. The summed E-state index contributed by atoms with van der Waals surface area (Å²) < 4.78 is 0. The molecule has 1 aromatic carbocycles. The van der Waals surface area contributed by atoms with Gasteiger partial charge in [0.05, 0.1) is 10.0 Å². The lowest BCUT2D eigenvalue weighted by Gasteiger charge is -2.32. The first-order chi connectivity index (χ1) is 10.5. The third-order valence-corrected chi connectivity index (χ3v) is 5.14. The Morgan fingerprint density at radius 3 is 2.59 bits per heavy atom.